The van der Waals surface area contributed by atoms with Gasteiger partial charge in [-0.05, 0) is 18.6 Å². The second-order valence-corrected chi connectivity index (χ2v) is 6.25. The van der Waals surface area contributed by atoms with Gasteiger partial charge in [-0.15, -0.1) is 0 Å². The average Bonchev–Trinajstić information content (AvgIpc) is 2.87. The molecule has 0 atom stereocenters. The van der Waals surface area contributed by atoms with E-state index >= 15 is 0 Å². The van der Waals surface area contributed by atoms with E-state index in [9.17, 15) is 21.6 Å². The van der Waals surface area contributed by atoms with E-state index in [1.165, 1.54) is 12.1 Å². The number of hydrogen-bond donors (Lipinski definition) is 0. The molecule has 0 fully saturated rings. The van der Waals surface area contributed by atoms with Crippen LogP contribution in [0.25, 0.3) is 0 Å². The van der Waals surface area contributed by atoms with Gasteiger partial charge >= 0.3 is 15.6 Å². The molecule has 0 aliphatic rings. The molecule has 1 aromatic heterocycles. The lowest BCUT2D eigenvalue weighted by molar-refractivity contribution is -0.0551. The van der Waals surface area contributed by atoms with Crippen LogP contribution in [0.5, 0.6) is 0 Å². The molecule has 5 nitrogen and oxygen atoms in total. The van der Waals surface area contributed by atoms with Crippen molar-refractivity contribution in [3.63, 3.8) is 0 Å². The largest absolute Gasteiger partial charge is 0.523 e. The van der Waals surface area contributed by atoms with Gasteiger partial charge in [0, 0.05) is 6.61 Å². The van der Waals surface area contributed by atoms with E-state index in [1.54, 1.807) is 0 Å². The number of ether oxygens (including phenoxy) is 1. The molecule has 0 saturated carbocycles. The van der Waals surface area contributed by atoms with Crippen LogP contribution in [-0.4, -0.2) is 20.5 Å². The third kappa shape index (κ3) is 6.37. The summed E-state index contributed by atoms with van der Waals surface area (Å²) in [5, 5.41) is 0. The lowest BCUT2D eigenvalue weighted by atomic mass is 10.2. The molecule has 128 valence electrons. The molecule has 1 rings (SSSR count). The predicted octanol–water partition coefficient (Wildman–Crippen LogP) is 3.74. The summed E-state index contributed by atoms with van der Waals surface area (Å²) in [6.07, 6.45) is 4.26. The topological polar surface area (TPSA) is 65.7 Å². The highest BCUT2D eigenvalue weighted by molar-refractivity contribution is 7.87. The van der Waals surface area contributed by atoms with E-state index in [-0.39, 0.29) is 12.4 Å². The highest BCUT2D eigenvalue weighted by Gasteiger charge is 2.47. The fourth-order valence-electron chi connectivity index (χ4n) is 1.58. The van der Waals surface area contributed by atoms with E-state index in [4.69, 9.17) is 9.15 Å². The van der Waals surface area contributed by atoms with Crippen LogP contribution in [0.15, 0.2) is 16.5 Å². The number of rotatable bonds is 10. The van der Waals surface area contributed by atoms with Crippen molar-refractivity contribution in [2.24, 2.45) is 0 Å². The molecule has 9 heteroatoms. The minimum atomic E-state index is -5.61. The van der Waals surface area contributed by atoms with Crippen LogP contribution in [0.2, 0.25) is 0 Å². The number of alkyl halides is 3. The maximum atomic E-state index is 12.1. The summed E-state index contributed by atoms with van der Waals surface area (Å²) < 4.78 is 72.0. The molecule has 0 bridgehead atoms. The van der Waals surface area contributed by atoms with E-state index in [2.05, 4.69) is 11.1 Å². The SMILES string of the molecule is CCCCCCOCc1ccc(COS(=O)(=O)C(F)(F)F)o1. The quantitative estimate of drug-likeness (QED) is 0.367. The van der Waals surface area contributed by atoms with Crippen molar-refractivity contribution < 1.29 is 34.9 Å². The number of unbranched alkanes of at least 4 members (excludes halogenated alkanes) is 3. The van der Waals surface area contributed by atoms with Crippen molar-refractivity contribution >= 4 is 10.1 Å². The third-order valence-corrected chi connectivity index (χ3v) is 3.74. The summed E-state index contributed by atoms with van der Waals surface area (Å²) >= 11 is 0. The Bertz CT molecular complexity index is 536. The standard InChI is InChI=1S/C13H19F3O5S/c1-2-3-4-5-8-19-9-11-6-7-12(21-11)10-20-22(17,18)13(14,15)16/h6-7H,2-5,8-10H2,1H3. The molecule has 0 aliphatic heterocycles. The fraction of sp³-hybridized carbons (Fsp3) is 0.692. The molecule has 0 N–H and O–H groups in total. The first kappa shape index (κ1) is 19.0. The summed E-state index contributed by atoms with van der Waals surface area (Å²) in [6.45, 7) is 2.04. The molecule has 22 heavy (non-hydrogen) atoms. The van der Waals surface area contributed by atoms with Crippen LogP contribution < -0.4 is 0 Å². The minimum Gasteiger partial charge on any atom is -0.461 e. The number of furan rings is 1. The van der Waals surface area contributed by atoms with Crippen molar-refractivity contribution in [3.05, 3.63) is 23.7 Å². The summed E-state index contributed by atoms with van der Waals surface area (Å²) in [7, 11) is -5.61. The van der Waals surface area contributed by atoms with E-state index in [1.807, 2.05) is 0 Å². The molecule has 1 heterocycles. The van der Waals surface area contributed by atoms with Gasteiger partial charge in [0.25, 0.3) is 0 Å². The summed E-state index contributed by atoms with van der Waals surface area (Å²) in [5.41, 5.74) is -5.44. The summed E-state index contributed by atoms with van der Waals surface area (Å²) in [5.74, 6) is 0.385. The average molecular weight is 344 g/mol. The molecule has 0 amide bonds. The van der Waals surface area contributed by atoms with Crippen molar-refractivity contribution in [2.45, 2.75) is 51.3 Å². The maximum Gasteiger partial charge on any atom is 0.523 e. The Balaban J connectivity index is 2.33. The van der Waals surface area contributed by atoms with Crippen molar-refractivity contribution in [1.82, 2.24) is 0 Å². The zero-order valence-electron chi connectivity index (χ0n) is 12.2. The second-order valence-electron chi connectivity index (χ2n) is 4.64. The zero-order chi connectivity index (χ0) is 16.6. The van der Waals surface area contributed by atoms with Crippen LogP contribution in [0.4, 0.5) is 13.2 Å². The van der Waals surface area contributed by atoms with Crippen LogP contribution in [0.3, 0.4) is 0 Å². The van der Waals surface area contributed by atoms with Gasteiger partial charge in [-0.25, -0.2) is 0 Å². The molecule has 0 radical (unpaired) electrons. The maximum absolute atomic E-state index is 12.1. The molecule has 0 saturated heterocycles. The first-order valence-corrected chi connectivity index (χ1v) is 8.28. The van der Waals surface area contributed by atoms with Crippen LogP contribution in [0, 0.1) is 0 Å². The van der Waals surface area contributed by atoms with Crippen LogP contribution in [0.1, 0.15) is 44.1 Å². The van der Waals surface area contributed by atoms with Gasteiger partial charge in [-0.1, -0.05) is 26.2 Å². The molecule has 0 unspecified atom stereocenters. The molecule has 1 aromatic rings. The zero-order valence-corrected chi connectivity index (χ0v) is 13.0. The smallest absolute Gasteiger partial charge is 0.461 e. The Morgan fingerprint density at radius 1 is 1.09 bits per heavy atom. The van der Waals surface area contributed by atoms with Crippen molar-refractivity contribution in [3.8, 4) is 0 Å². The first-order chi connectivity index (χ1) is 10.3. The Morgan fingerprint density at radius 2 is 1.73 bits per heavy atom. The van der Waals surface area contributed by atoms with Gasteiger partial charge in [-0.3, -0.25) is 4.18 Å². The van der Waals surface area contributed by atoms with Crippen molar-refractivity contribution in [2.75, 3.05) is 6.61 Å². The third-order valence-electron chi connectivity index (χ3n) is 2.74. The minimum absolute atomic E-state index is 0.0163. The molecule has 0 spiro atoms. The Kier molecular flexibility index (Phi) is 7.37. The summed E-state index contributed by atoms with van der Waals surface area (Å²) in [6, 6.07) is 2.85. The molecular weight excluding hydrogens is 325 g/mol. The predicted molar refractivity (Wildman–Crippen MR) is 72.3 cm³/mol. The Labute approximate surface area is 127 Å². The lowest BCUT2D eigenvalue weighted by Crippen LogP contribution is -2.25. The van der Waals surface area contributed by atoms with Gasteiger partial charge < -0.3 is 9.15 Å². The normalized spacial score (nSPS) is 12.7. The Hall–Kier alpha value is -1.06. The van der Waals surface area contributed by atoms with Gasteiger partial charge in [-0.2, -0.15) is 21.6 Å². The van der Waals surface area contributed by atoms with E-state index < -0.39 is 22.2 Å². The van der Waals surface area contributed by atoms with Gasteiger partial charge in [0.15, 0.2) is 0 Å². The van der Waals surface area contributed by atoms with E-state index in [0.29, 0.717) is 12.4 Å². The van der Waals surface area contributed by atoms with Crippen LogP contribution in [-0.2, 0) is 32.3 Å². The molecule has 0 aliphatic carbocycles. The monoisotopic (exact) mass is 344 g/mol. The lowest BCUT2D eigenvalue weighted by Gasteiger charge is -2.06. The van der Waals surface area contributed by atoms with E-state index in [0.717, 1.165) is 25.7 Å². The molecule has 0 aromatic carbocycles. The highest BCUT2D eigenvalue weighted by Crippen LogP contribution is 2.25. The Morgan fingerprint density at radius 3 is 2.32 bits per heavy atom. The van der Waals surface area contributed by atoms with Crippen molar-refractivity contribution in [1.29, 1.82) is 0 Å². The highest BCUT2D eigenvalue weighted by atomic mass is 32.2. The fourth-order valence-corrected chi connectivity index (χ4v) is 1.99. The first-order valence-electron chi connectivity index (χ1n) is 6.87. The molecular formula is C13H19F3O5S. The van der Waals surface area contributed by atoms with Gasteiger partial charge in [0.1, 0.15) is 24.7 Å². The van der Waals surface area contributed by atoms with Crippen LogP contribution >= 0.6 is 0 Å². The van der Waals surface area contributed by atoms with Gasteiger partial charge in [0.2, 0.25) is 0 Å². The summed E-state index contributed by atoms with van der Waals surface area (Å²) in [4.78, 5) is 0. The van der Waals surface area contributed by atoms with Gasteiger partial charge in [0.05, 0.1) is 0 Å². The second kappa shape index (κ2) is 8.54. The number of hydrogen-bond acceptors (Lipinski definition) is 5. The number of halogens is 3.